The normalized spacial score (nSPS) is 10.2. The van der Waals surface area contributed by atoms with Crippen molar-refractivity contribution in [2.75, 3.05) is 0 Å². The van der Waals surface area contributed by atoms with Crippen molar-refractivity contribution < 1.29 is 35.0 Å². The average Bonchev–Trinajstić information content (AvgIpc) is 1.85. The van der Waals surface area contributed by atoms with Crippen LogP contribution in [0.15, 0.2) is 24.3 Å². The molecule has 0 bridgehead atoms. The number of hydrogen-bond donors (Lipinski definition) is 0. The molecule has 0 radical (unpaired) electrons. The number of hydrogen-bond acceptors (Lipinski definition) is 1. The zero-order valence-corrected chi connectivity index (χ0v) is 6.59. The first-order valence-electron chi connectivity index (χ1n) is 2.80. The van der Waals surface area contributed by atoms with Crippen LogP contribution in [0, 0.1) is 6.07 Å². The summed E-state index contributed by atoms with van der Waals surface area (Å²) in [7, 11) is 0. The molecule has 0 fully saturated rings. The fraction of sp³-hybridized carbons (Fsp3) is 0.143. The molecule has 1 rings (SSSR count). The van der Waals surface area contributed by atoms with Gasteiger partial charge in [0, 0.05) is 5.75 Å². The van der Waals surface area contributed by atoms with Crippen LogP contribution >= 0.6 is 0 Å². The molecule has 1 aromatic carbocycles. The van der Waals surface area contributed by atoms with E-state index in [1.807, 2.05) is 0 Å². The van der Waals surface area contributed by atoms with E-state index in [1.54, 1.807) is 0 Å². The molecule has 0 aliphatic heterocycles. The zero-order valence-electron chi connectivity index (χ0n) is 5.65. The minimum absolute atomic E-state index is 0. The molecule has 5 heteroatoms. The van der Waals surface area contributed by atoms with Crippen LogP contribution in [-0.2, 0) is 17.1 Å². The fourth-order valence-corrected chi connectivity index (χ4v) is 0.573. The Bertz CT molecular complexity index is 222. The van der Waals surface area contributed by atoms with Gasteiger partial charge in [-0.2, -0.15) is 18.2 Å². The summed E-state index contributed by atoms with van der Waals surface area (Å²) >= 11 is 0. The topological polar surface area (TPSA) is 9.23 Å². The molecule has 0 aliphatic carbocycles. The van der Waals surface area contributed by atoms with Gasteiger partial charge in [-0.05, 0) is 0 Å². The summed E-state index contributed by atoms with van der Waals surface area (Å²) in [4.78, 5) is 0. The first kappa shape index (κ1) is 11.3. The zero-order chi connectivity index (χ0) is 8.32. The first-order valence-corrected chi connectivity index (χ1v) is 2.80. The second-order valence-corrected chi connectivity index (χ2v) is 1.78. The van der Waals surface area contributed by atoms with Crippen LogP contribution in [0.2, 0.25) is 0 Å². The summed E-state index contributed by atoms with van der Waals surface area (Å²) in [5.74, 6) is -0.226. The van der Waals surface area contributed by atoms with Crippen molar-refractivity contribution in [3.8, 4) is 5.75 Å². The van der Waals surface area contributed by atoms with Crippen LogP contribution in [0.1, 0.15) is 0 Å². The molecule has 1 aromatic rings. The van der Waals surface area contributed by atoms with Gasteiger partial charge in [0.05, 0.1) is 0 Å². The van der Waals surface area contributed by atoms with Gasteiger partial charge in [0.15, 0.2) is 0 Å². The molecule has 0 N–H and O–H groups in total. The van der Waals surface area contributed by atoms with Crippen molar-refractivity contribution >= 4 is 0 Å². The first-order chi connectivity index (χ1) is 5.08. The fourth-order valence-electron chi connectivity index (χ4n) is 0.573. The molecule has 12 heavy (non-hydrogen) atoms. The van der Waals surface area contributed by atoms with Crippen LogP contribution in [0.4, 0.5) is 13.2 Å². The molecule has 0 aromatic heterocycles. The van der Waals surface area contributed by atoms with Crippen molar-refractivity contribution in [2.24, 2.45) is 0 Å². The van der Waals surface area contributed by atoms with E-state index in [9.17, 15) is 13.2 Å². The van der Waals surface area contributed by atoms with E-state index in [1.165, 1.54) is 24.3 Å². The van der Waals surface area contributed by atoms with Gasteiger partial charge in [-0.1, -0.05) is 0 Å². The number of halogens is 3. The van der Waals surface area contributed by atoms with Crippen molar-refractivity contribution in [3.05, 3.63) is 30.3 Å². The molecule has 0 spiro atoms. The summed E-state index contributed by atoms with van der Waals surface area (Å²) in [5, 5.41) is 0. The van der Waals surface area contributed by atoms with E-state index < -0.39 is 6.36 Å². The van der Waals surface area contributed by atoms with E-state index in [-0.39, 0.29) is 22.8 Å². The minimum atomic E-state index is -4.61. The quantitative estimate of drug-likeness (QED) is 0.526. The molecule has 1 nitrogen and oxygen atoms in total. The van der Waals surface area contributed by atoms with E-state index in [4.69, 9.17) is 0 Å². The molecule has 0 unspecified atom stereocenters. The predicted molar refractivity (Wildman–Crippen MR) is 32.0 cm³/mol. The molecule has 0 heterocycles. The van der Waals surface area contributed by atoms with Gasteiger partial charge in [-0.25, -0.2) is 0 Å². The van der Waals surface area contributed by atoms with E-state index >= 15 is 0 Å². The van der Waals surface area contributed by atoms with Gasteiger partial charge >= 0.3 is 23.4 Å². The third kappa shape index (κ3) is 4.26. The third-order valence-corrected chi connectivity index (χ3v) is 0.921. The summed E-state index contributed by atoms with van der Waals surface area (Å²) in [5.41, 5.74) is 0. The van der Waals surface area contributed by atoms with Crippen LogP contribution in [0.5, 0.6) is 5.75 Å². The van der Waals surface area contributed by atoms with Crippen LogP contribution in [-0.4, -0.2) is 6.36 Å². The number of alkyl halides is 3. The van der Waals surface area contributed by atoms with E-state index in [0.717, 1.165) is 0 Å². The molecular weight excluding hydrogens is 221 g/mol. The van der Waals surface area contributed by atoms with Gasteiger partial charge in [0.2, 0.25) is 0 Å². The van der Waals surface area contributed by atoms with Crippen molar-refractivity contribution in [2.45, 2.75) is 6.36 Å². The maximum absolute atomic E-state index is 11.5. The average molecular weight is 225 g/mol. The molecule has 0 saturated heterocycles. The Morgan fingerprint density at radius 3 is 2.08 bits per heavy atom. The number of benzene rings is 1. The third-order valence-electron chi connectivity index (χ3n) is 0.921. The monoisotopic (exact) mass is 224 g/mol. The Labute approximate surface area is 78.0 Å². The van der Waals surface area contributed by atoms with E-state index in [0.29, 0.717) is 0 Å². The molecular formula is C7H4CuF3O. The maximum atomic E-state index is 11.5. The van der Waals surface area contributed by atoms with Crippen LogP contribution < -0.4 is 4.74 Å². The van der Waals surface area contributed by atoms with E-state index in [2.05, 4.69) is 10.8 Å². The standard InChI is InChI=1S/C7H4F3O.Cu/c8-7(9,10)11-6-4-2-1-3-5-6;/h2-5H;/q-1;+1. The van der Waals surface area contributed by atoms with Gasteiger partial charge in [0.1, 0.15) is 0 Å². The van der Waals surface area contributed by atoms with Gasteiger partial charge < -0.3 is 4.74 Å². The van der Waals surface area contributed by atoms with Crippen LogP contribution in [0.25, 0.3) is 0 Å². The molecule has 0 amide bonds. The number of ether oxygens (including phenoxy) is 1. The maximum Gasteiger partial charge on any atom is 1.00 e. The Morgan fingerprint density at radius 1 is 1.17 bits per heavy atom. The second-order valence-electron chi connectivity index (χ2n) is 1.78. The van der Waals surface area contributed by atoms with Crippen molar-refractivity contribution in [1.82, 2.24) is 0 Å². The summed E-state index contributed by atoms with van der Waals surface area (Å²) in [6.07, 6.45) is -4.61. The predicted octanol–water partition coefficient (Wildman–Crippen LogP) is 2.38. The molecule has 0 aliphatic rings. The Morgan fingerprint density at radius 2 is 1.67 bits per heavy atom. The summed E-state index contributed by atoms with van der Waals surface area (Å²) < 4.78 is 38.1. The minimum Gasteiger partial charge on any atom is -0.432 e. The van der Waals surface area contributed by atoms with Gasteiger partial charge in [-0.3, -0.25) is 0 Å². The van der Waals surface area contributed by atoms with Crippen LogP contribution in [0.3, 0.4) is 0 Å². The molecule has 70 valence electrons. The van der Waals surface area contributed by atoms with Gasteiger partial charge in [0.25, 0.3) is 0 Å². The summed E-state index contributed by atoms with van der Waals surface area (Å²) in [6, 6.07) is 7.64. The Hall–Kier alpha value is -0.671. The Balaban J connectivity index is 0.00000121. The Kier molecular flexibility index (Phi) is 4.13. The SMILES string of the molecule is FC(F)(F)Oc1cc[c-]cc1.[Cu+]. The molecule has 0 saturated carbocycles. The smallest absolute Gasteiger partial charge is 0.432 e. The largest absolute Gasteiger partial charge is 1.00 e. The summed E-state index contributed by atoms with van der Waals surface area (Å²) in [6.45, 7) is 0. The van der Waals surface area contributed by atoms with Crippen molar-refractivity contribution in [1.29, 1.82) is 0 Å². The molecule has 0 atom stereocenters. The second kappa shape index (κ2) is 4.38. The van der Waals surface area contributed by atoms with Crippen molar-refractivity contribution in [3.63, 3.8) is 0 Å². The number of rotatable bonds is 1. The van der Waals surface area contributed by atoms with Gasteiger partial charge in [-0.15, -0.1) is 25.3 Å².